The van der Waals surface area contributed by atoms with E-state index < -0.39 is 25.2 Å². The van der Waals surface area contributed by atoms with Crippen LogP contribution in [-0.2, 0) is 0 Å². The quantitative estimate of drug-likeness (QED) is 0.0884. The van der Waals surface area contributed by atoms with Crippen molar-refractivity contribution in [2.24, 2.45) is 0 Å². The van der Waals surface area contributed by atoms with Crippen LogP contribution in [0, 0.1) is 148 Å². The molecule has 293 valence electrons. The van der Waals surface area contributed by atoms with Crippen molar-refractivity contribution in [2.75, 3.05) is 0 Å². The van der Waals surface area contributed by atoms with Crippen LogP contribution in [-0.4, -0.2) is 116 Å². The van der Waals surface area contributed by atoms with E-state index in [4.69, 9.17) is 40.9 Å². The van der Waals surface area contributed by atoms with Crippen LogP contribution in [0.1, 0.15) is 47.4 Å². The summed E-state index contributed by atoms with van der Waals surface area (Å²) in [6, 6.07) is 12.4. The molecule has 4 aromatic rings. The third kappa shape index (κ3) is 44.7. The summed E-state index contributed by atoms with van der Waals surface area (Å²) in [5.74, 6) is 0. The molecule has 0 aliphatic heterocycles. The van der Waals surface area contributed by atoms with E-state index in [1.165, 1.54) is 49.6 Å². The molecule has 0 bridgehead atoms. The Hall–Kier alpha value is 0.633. The molecule has 0 aliphatic rings. The minimum atomic E-state index is -1.38. The molecule has 0 fully saturated rings. The Kier molecular flexibility index (Phi) is 98.9. The number of hydrogen-bond donors (Lipinski definition) is 8. The van der Waals surface area contributed by atoms with Crippen LogP contribution >= 0.6 is 0 Å². The predicted molar refractivity (Wildman–Crippen MR) is 162 cm³/mol. The van der Waals surface area contributed by atoms with Crippen LogP contribution in [0.3, 0.4) is 0 Å². The van der Waals surface area contributed by atoms with Crippen LogP contribution in [0.5, 0.6) is 0 Å². The molecule has 0 unspecified atom stereocenters. The van der Waals surface area contributed by atoms with Gasteiger partial charge in [-0.25, -0.2) is 0 Å². The maximum Gasteiger partial charge on any atom is 0.178 e. The third-order valence-corrected chi connectivity index (χ3v) is 4.02. The topological polar surface area (TPSA) is 528 Å². The molecule has 0 amide bonds. The van der Waals surface area contributed by atoms with Crippen molar-refractivity contribution < 1.29 is 244 Å². The standard InChI is InChI=1S/4C6H7NO2.3Eu.10H2O/c4*8-6(9)5-1-3-7-4-2-5;;;;;;;;;;;;;/h4*1-4,6,8-9H;;;;10*1H2. The van der Waals surface area contributed by atoms with Crippen LogP contribution in [0.15, 0.2) is 98.1 Å². The van der Waals surface area contributed by atoms with Crippen molar-refractivity contribution in [3.8, 4) is 0 Å². The van der Waals surface area contributed by atoms with E-state index in [1.54, 1.807) is 48.5 Å². The zero-order valence-electron chi connectivity index (χ0n) is 25.0. The number of rotatable bonds is 4. The van der Waals surface area contributed by atoms with Crippen molar-refractivity contribution in [3.05, 3.63) is 120 Å². The Morgan fingerprint density at radius 1 is 0.265 bits per heavy atom. The summed E-state index contributed by atoms with van der Waals surface area (Å²) in [6.45, 7) is 0. The summed E-state index contributed by atoms with van der Waals surface area (Å²) in [7, 11) is 0. The Labute approximate surface area is 402 Å². The second kappa shape index (κ2) is 55.4. The fourth-order valence-corrected chi connectivity index (χ4v) is 2.14. The molecule has 0 aromatic carbocycles. The molecule has 0 saturated heterocycles. The van der Waals surface area contributed by atoms with Gasteiger partial charge < -0.3 is 95.6 Å². The number of hydrogen-bond acceptors (Lipinski definition) is 12. The summed E-state index contributed by atoms with van der Waals surface area (Å²) >= 11 is 0. The summed E-state index contributed by atoms with van der Waals surface area (Å²) in [5, 5.41) is 68.4. The molecule has 4 heterocycles. The smallest absolute Gasteiger partial charge is 0.178 e. The van der Waals surface area contributed by atoms with Gasteiger partial charge in [0.25, 0.3) is 0 Å². The molecule has 3 radical (unpaired) electrons. The number of nitrogens with zero attached hydrogens (tertiary/aromatic N) is 4. The normalized spacial score (nSPS) is 7.43. The molecule has 25 heteroatoms. The van der Waals surface area contributed by atoms with Gasteiger partial charge >= 0.3 is 0 Å². The molecule has 28 N–H and O–H groups in total. The average Bonchev–Trinajstić information content (AvgIpc) is 2.92. The van der Waals surface area contributed by atoms with E-state index in [2.05, 4.69) is 19.9 Å². The van der Waals surface area contributed by atoms with Crippen molar-refractivity contribution in [3.63, 3.8) is 0 Å². The second-order valence-corrected chi connectivity index (χ2v) is 6.62. The van der Waals surface area contributed by atoms with Gasteiger partial charge in [-0.3, -0.25) is 19.9 Å². The van der Waals surface area contributed by atoms with Crippen molar-refractivity contribution in [2.45, 2.75) is 25.2 Å². The van der Waals surface area contributed by atoms with Crippen LogP contribution in [0.4, 0.5) is 0 Å². The number of aliphatic hydroxyl groups is 8. The van der Waals surface area contributed by atoms with E-state index in [9.17, 15) is 0 Å². The molecule has 49 heavy (non-hydrogen) atoms. The van der Waals surface area contributed by atoms with Gasteiger partial charge in [0.1, 0.15) is 0 Å². The molecular formula is C24H48Eu3N4O18. The van der Waals surface area contributed by atoms with E-state index in [0.717, 1.165) is 0 Å². The van der Waals surface area contributed by atoms with Crippen LogP contribution < -0.4 is 0 Å². The van der Waals surface area contributed by atoms with E-state index in [0.29, 0.717) is 22.3 Å². The maximum absolute atomic E-state index is 8.55. The first-order chi connectivity index (χ1) is 17.2. The largest absolute Gasteiger partial charge is 0.412 e. The summed E-state index contributed by atoms with van der Waals surface area (Å²) in [5.41, 5.74) is 1.85. The monoisotopic (exact) mass is 1140 g/mol. The Balaban J connectivity index is -0.0000000295. The maximum atomic E-state index is 8.55. The molecule has 0 saturated carbocycles. The molecule has 4 aromatic heterocycles. The van der Waals surface area contributed by atoms with Crippen LogP contribution in [0.25, 0.3) is 0 Å². The zero-order chi connectivity index (χ0) is 26.8. The summed E-state index contributed by atoms with van der Waals surface area (Å²) < 4.78 is 0. The van der Waals surface area contributed by atoms with Crippen molar-refractivity contribution in [1.82, 2.24) is 19.9 Å². The zero-order valence-corrected chi connectivity index (χ0v) is 32.3. The number of pyridine rings is 4. The van der Waals surface area contributed by atoms with Gasteiger partial charge in [0, 0.05) is 220 Å². The fraction of sp³-hybridized carbons (Fsp3) is 0.167. The van der Waals surface area contributed by atoms with E-state index in [1.807, 2.05) is 0 Å². The minimum Gasteiger partial charge on any atom is -0.412 e. The van der Waals surface area contributed by atoms with Crippen molar-refractivity contribution in [1.29, 1.82) is 0 Å². The average molecular weight is 1140 g/mol. The molecule has 0 atom stereocenters. The van der Waals surface area contributed by atoms with E-state index >= 15 is 0 Å². The molecule has 4 rings (SSSR count). The van der Waals surface area contributed by atoms with Gasteiger partial charge in [-0.05, 0) is 48.5 Å². The number of aromatic nitrogens is 4. The van der Waals surface area contributed by atoms with Gasteiger partial charge in [-0.2, -0.15) is 0 Å². The van der Waals surface area contributed by atoms with Crippen molar-refractivity contribution >= 4 is 0 Å². The summed E-state index contributed by atoms with van der Waals surface area (Å²) in [4.78, 5) is 14.8. The summed E-state index contributed by atoms with van der Waals surface area (Å²) in [6.07, 6.45) is 6.54. The van der Waals surface area contributed by atoms with Gasteiger partial charge in [0.05, 0.1) is 0 Å². The molecule has 0 aliphatic carbocycles. The first-order valence-corrected chi connectivity index (χ1v) is 10.3. The fourth-order valence-electron chi connectivity index (χ4n) is 2.14. The van der Waals surface area contributed by atoms with Gasteiger partial charge in [-0.15, -0.1) is 0 Å². The van der Waals surface area contributed by atoms with Gasteiger partial charge in [0.2, 0.25) is 0 Å². The molecule has 0 spiro atoms. The molecule has 22 nitrogen and oxygen atoms in total. The van der Waals surface area contributed by atoms with E-state index in [-0.39, 0.29) is 203 Å². The minimum absolute atomic E-state index is 0. The van der Waals surface area contributed by atoms with Gasteiger partial charge in [-0.1, -0.05) is 0 Å². The Bertz CT molecular complexity index is 902. The first-order valence-electron chi connectivity index (χ1n) is 10.3. The first kappa shape index (κ1) is 87.5. The van der Waals surface area contributed by atoms with Gasteiger partial charge in [0.15, 0.2) is 25.2 Å². The SMILES string of the molecule is O.O.O.O.O.O.O.O.O.O.OC(O)c1ccncc1.OC(O)c1ccncc1.OC(O)c1ccncc1.OC(O)c1ccncc1.[Eu].[Eu].[Eu]. The Morgan fingerprint density at radius 3 is 0.429 bits per heavy atom. The predicted octanol–water partition coefficient (Wildman–Crippen LogP) is -7.99. The Morgan fingerprint density at radius 2 is 0.367 bits per heavy atom. The molecular weight excluding hydrogens is 1090 g/mol. The number of aliphatic hydroxyl groups excluding tert-OH is 4. The third-order valence-electron chi connectivity index (χ3n) is 4.02. The van der Waals surface area contributed by atoms with Crippen LogP contribution in [0.2, 0.25) is 0 Å². The second-order valence-electron chi connectivity index (χ2n) is 6.62.